The molecular formula is C85H141NO13. The van der Waals surface area contributed by atoms with Crippen LogP contribution in [0.15, 0.2) is 158 Å². The Labute approximate surface area is 601 Å². The highest BCUT2D eigenvalue weighted by Crippen LogP contribution is 2.30. The third-order valence-electron chi connectivity index (χ3n) is 17.9. The van der Waals surface area contributed by atoms with Crippen molar-refractivity contribution >= 4 is 5.91 Å². The molecule has 0 aromatic heterocycles. The summed E-state index contributed by atoms with van der Waals surface area (Å²) in [5.41, 5.74) is 0. The highest BCUT2D eigenvalue weighted by Gasteiger charge is 2.51. The summed E-state index contributed by atoms with van der Waals surface area (Å²) < 4.78 is 22.9. The second-order valence-electron chi connectivity index (χ2n) is 26.7. The minimum atomic E-state index is -1.80. The Balaban J connectivity index is 1.67. The fourth-order valence-electron chi connectivity index (χ4n) is 11.8. The van der Waals surface area contributed by atoms with Crippen molar-refractivity contribution in [1.29, 1.82) is 0 Å². The lowest BCUT2D eigenvalue weighted by molar-refractivity contribution is -0.359. The maximum atomic E-state index is 13.4. The summed E-state index contributed by atoms with van der Waals surface area (Å²) in [7, 11) is 0. The molecule has 564 valence electrons. The van der Waals surface area contributed by atoms with E-state index in [0.29, 0.717) is 12.8 Å². The van der Waals surface area contributed by atoms with Crippen molar-refractivity contribution in [3.8, 4) is 0 Å². The molecule has 2 rings (SSSR count). The number of allylic oxidation sites excluding steroid dienone is 25. The zero-order valence-corrected chi connectivity index (χ0v) is 61.7. The fourth-order valence-corrected chi connectivity index (χ4v) is 11.8. The van der Waals surface area contributed by atoms with Crippen LogP contribution >= 0.6 is 0 Å². The zero-order valence-electron chi connectivity index (χ0n) is 61.7. The van der Waals surface area contributed by atoms with Gasteiger partial charge in [-0.15, -0.1) is 0 Å². The van der Waals surface area contributed by atoms with Crippen molar-refractivity contribution < 1.29 is 64.6 Å². The van der Waals surface area contributed by atoms with Gasteiger partial charge in [0.2, 0.25) is 5.91 Å². The standard InChI is InChI=1S/C85H141NO13/c1-3-5-7-9-11-13-15-17-19-21-23-25-27-29-31-32-33-34-35-36-37-38-39-40-41-42-43-45-47-49-51-53-55-57-59-61-63-65-67-69-77(90)86-73(72-96-84-82(95)80(93)83(76(71-88)98-84)99-85-81(94)79(92)78(91)75(70-87)97-85)74(89)68-66-64-62-60-58-56-54-52-50-48-46-44-30-28-26-24-22-20-18-16-14-12-10-8-6-4-2/h5,7,11,13,17,19,23,25,29,31,33-34,36-37,39-40,42-43,47,49-50,52,58,60,66,68,73-76,78-85,87-89,91-95H,3-4,6,8-10,12,14-16,18,20-22,24,26-28,30,32,35,38,41,44-46,48,51,53-57,59,61-65,67,69-72H2,1-2H3,(H,86,90)/b7-5-,13-11-,19-17-,25-23-,31-29-,34-33-,37-36-,40-39-,43-42-,49-47-,52-50+,60-58+,68-66+. The Hall–Kier alpha value is -4.39. The van der Waals surface area contributed by atoms with Crippen LogP contribution < -0.4 is 5.32 Å². The van der Waals surface area contributed by atoms with Crippen molar-refractivity contribution in [1.82, 2.24) is 5.32 Å². The summed E-state index contributed by atoms with van der Waals surface area (Å²) in [6.07, 6.45) is 85.9. The smallest absolute Gasteiger partial charge is 0.220 e. The van der Waals surface area contributed by atoms with E-state index < -0.39 is 86.8 Å². The molecule has 2 fully saturated rings. The highest BCUT2D eigenvalue weighted by molar-refractivity contribution is 5.76. The Morgan fingerprint density at radius 3 is 1.11 bits per heavy atom. The average molecular weight is 1390 g/mol. The molecule has 0 saturated carbocycles. The maximum Gasteiger partial charge on any atom is 0.220 e. The molecule has 14 heteroatoms. The van der Waals surface area contributed by atoms with E-state index in [1.54, 1.807) is 6.08 Å². The first kappa shape index (κ1) is 90.7. The number of carbonyl (C=O) groups excluding carboxylic acids is 1. The zero-order chi connectivity index (χ0) is 71.5. The monoisotopic (exact) mass is 1380 g/mol. The first-order valence-corrected chi connectivity index (χ1v) is 39.2. The molecule has 14 nitrogen and oxygen atoms in total. The normalized spacial score (nSPS) is 22.8. The van der Waals surface area contributed by atoms with Gasteiger partial charge in [-0.25, -0.2) is 0 Å². The number of aliphatic hydroxyl groups excluding tert-OH is 8. The van der Waals surface area contributed by atoms with E-state index in [0.717, 1.165) is 122 Å². The van der Waals surface area contributed by atoms with Gasteiger partial charge in [0.1, 0.15) is 48.8 Å². The van der Waals surface area contributed by atoms with Crippen LogP contribution in [0.3, 0.4) is 0 Å². The summed E-state index contributed by atoms with van der Waals surface area (Å²) in [6, 6.07) is -0.956. The van der Waals surface area contributed by atoms with Crippen LogP contribution in [0.2, 0.25) is 0 Å². The first-order chi connectivity index (χ1) is 48.6. The SMILES string of the molecule is CC/C=C\C/C=C\C/C=C\C/C=C\C/C=C\C/C=C\C/C=C\C/C=C\C/C=C\C/C=C\CCCCCCCCCCC(=O)NC(COC1OC(CO)C(OC2OC(CO)C(O)C(O)C2O)C(O)C1O)C(O)/C=C/CC/C=C/CC/C=C/CCCCCCCCCCCCCCCCCC. The topological polar surface area (TPSA) is 228 Å². The van der Waals surface area contributed by atoms with Gasteiger partial charge in [-0.05, 0) is 122 Å². The van der Waals surface area contributed by atoms with Crippen molar-refractivity contribution in [2.75, 3.05) is 19.8 Å². The third-order valence-corrected chi connectivity index (χ3v) is 17.9. The summed E-state index contributed by atoms with van der Waals surface area (Å²) in [5, 5.41) is 87.6. The van der Waals surface area contributed by atoms with E-state index in [1.807, 2.05) is 6.08 Å². The molecule has 12 atom stereocenters. The van der Waals surface area contributed by atoms with E-state index in [9.17, 15) is 45.6 Å². The fraction of sp³-hybridized carbons (Fsp3) is 0.682. The molecule has 0 radical (unpaired) electrons. The maximum absolute atomic E-state index is 13.4. The minimum absolute atomic E-state index is 0.250. The highest BCUT2D eigenvalue weighted by atomic mass is 16.7. The van der Waals surface area contributed by atoms with E-state index in [4.69, 9.17) is 18.9 Å². The average Bonchev–Trinajstić information content (AvgIpc) is 0.794. The summed E-state index contributed by atoms with van der Waals surface area (Å²) in [6.45, 7) is 2.67. The number of amides is 1. The molecule has 0 aliphatic carbocycles. The molecule has 0 spiro atoms. The van der Waals surface area contributed by atoms with Gasteiger partial charge in [0.15, 0.2) is 12.6 Å². The number of nitrogens with one attached hydrogen (secondary N) is 1. The summed E-state index contributed by atoms with van der Waals surface area (Å²) >= 11 is 0. The number of ether oxygens (including phenoxy) is 4. The lowest BCUT2D eigenvalue weighted by atomic mass is 9.97. The van der Waals surface area contributed by atoms with E-state index in [1.165, 1.54) is 122 Å². The van der Waals surface area contributed by atoms with Gasteiger partial charge in [-0.3, -0.25) is 4.79 Å². The third kappa shape index (κ3) is 49.8. The van der Waals surface area contributed by atoms with Crippen molar-refractivity contribution in [2.45, 2.75) is 351 Å². The quantitative estimate of drug-likeness (QED) is 0.0204. The van der Waals surface area contributed by atoms with Gasteiger partial charge in [0, 0.05) is 6.42 Å². The predicted octanol–water partition coefficient (Wildman–Crippen LogP) is 17.7. The molecule has 2 aliphatic rings. The molecule has 99 heavy (non-hydrogen) atoms. The van der Waals surface area contributed by atoms with Crippen LogP contribution in [-0.4, -0.2) is 140 Å². The van der Waals surface area contributed by atoms with Gasteiger partial charge in [-0.2, -0.15) is 0 Å². The molecule has 2 saturated heterocycles. The molecule has 2 aliphatic heterocycles. The van der Waals surface area contributed by atoms with Crippen LogP contribution in [0.5, 0.6) is 0 Å². The number of carbonyl (C=O) groups is 1. The minimum Gasteiger partial charge on any atom is -0.394 e. The molecule has 9 N–H and O–H groups in total. The van der Waals surface area contributed by atoms with Gasteiger partial charge in [-0.1, -0.05) is 307 Å². The molecule has 1 amide bonds. The van der Waals surface area contributed by atoms with E-state index in [-0.39, 0.29) is 18.9 Å². The molecule has 0 aromatic carbocycles. The molecule has 0 aromatic rings. The van der Waals surface area contributed by atoms with Gasteiger partial charge < -0.3 is 65.1 Å². The lowest BCUT2D eigenvalue weighted by Gasteiger charge is -2.46. The Bertz CT molecular complexity index is 2280. The summed E-state index contributed by atoms with van der Waals surface area (Å²) in [5.74, 6) is -0.267. The van der Waals surface area contributed by atoms with E-state index in [2.05, 4.69) is 165 Å². The number of hydrogen-bond acceptors (Lipinski definition) is 13. The van der Waals surface area contributed by atoms with Gasteiger partial charge >= 0.3 is 0 Å². The van der Waals surface area contributed by atoms with Crippen LogP contribution in [-0.2, 0) is 23.7 Å². The van der Waals surface area contributed by atoms with E-state index >= 15 is 0 Å². The molecule has 0 bridgehead atoms. The van der Waals surface area contributed by atoms with Gasteiger partial charge in [0.25, 0.3) is 0 Å². The van der Waals surface area contributed by atoms with Crippen molar-refractivity contribution in [3.63, 3.8) is 0 Å². The number of unbranched alkanes of at least 4 members (excludes halogenated alkanes) is 26. The van der Waals surface area contributed by atoms with Crippen LogP contribution in [0.1, 0.15) is 277 Å². The Kier molecular flexibility index (Phi) is 61.2. The second-order valence-corrected chi connectivity index (χ2v) is 26.7. The molecule has 12 unspecified atom stereocenters. The molecular weight excluding hydrogens is 1240 g/mol. The van der Waals surface area contributed by atoms with Crippen LogP contribution in [0.4, 0.5) is 0 Å². The second kappa shape index (κ2) is 66.8. The van der Waals surface area contributed by atoms with Crippen LogP contribution in [0, 0.1) is 0 Å². The number of rotatable bonds is 63. The largest absolute Gasteiger partial charge is 0.394 e. The Morgan fingerprint density at radius 2 is 0.707 bits per heavy atom. The Morgan fingerprint density at radius 1 is 0.374 bits per heavy atom. The van der Waals surface area contributed by atoms with Gasteiger partial charge in [0.05, 0.1) is 32.0 Å². The van der Waals surface area contributed by atoms with Crippen molar-refractivity contribution in [2.24, 2.45) is 0 Å². The lowest BCUT2D eigenvalue weighted by Crippen LogP contribution is -2.65. The van der Waals surface area contributed by atoms with Crippen molar-refractivity contribution in [3.05, 3.63) is 158 Å². The predicted molar refractivity (Wildman–Crippen MR) is 410 cm³/mol. The van der Waals surface area contributed by atoms with Crippen LogP contribution in [0.25, 0.3) is 0 Å². The number of aliphatic hydroxyl groups is 8. The number of hydrogen-bond donors (Lipinski definition) is 9. The summed E-state index contributed by atoms with van der Waals surface area (Å²) in [4.78, 5) is 13.4. The first-order valence-electron chi connectivity index (χ1n) is 39.2. The molecule has 2 heterocycles.